The van der Waals surface area contributed by atoms with Crippen molar-refractivity contribution >= 4 is 16.3 Å². The van der Waals surface area contributed by atoms with Crippen LogP contribution in [0.3, 0.4) is 0 Å². The highest BCUT2D eigenvalue weighted by Crippen LogP contribution is 2.37. The Morgan fingerprint density at radius 3 is 2.71 bits per heavy atom. The summed E-state index contributed by atoms with van der Waals surface area (Å²) in [5.41, 5.74) is 0. The number of hydrogen-bond acceptors (Lipinski definition) is 6. The SMILES string of the molecule is CS(=O)(=O)ON=C[C@@H]1COC2(CCCCC2)O1. The van der Waals surface area contributed by atoms with Gasteiger partial charge in [-0.05, 0) is 12.8 Å². The lowest BCUT2D eigenvalue weighted by Gasteiger charge is -2.31. The van der Waals surface area contributed by atoms with Gasteiger partial charge >= 0.3 is 10.1 Å². The van der Waals surface area contributed by atoms with E-state index in [-0.39, 0.29) is 6.10 Å². The van der Waals surface area contributed by atoms with Crippen LogP contribution in [0.2, 0.25) is 0 Å². The van der Waals surface area contributed by atoms with Crippen LogP contribution in [0, 0.1) is 0 Å². The second-order valence-electron chi connectivity index (χ2n) is 4.47. The molecule has 0 aromatic carbocycles. The van der Waals surface area contributed by atoms with Gasteiger partial charge in [0, 0.05) is 12.8 Å². The molecule has 2 aliphatic rings. The minimum absolute atomic E-state index is 0.324. The van der Waals surface area contributed by atoms with Crippen molar-refractivity contribution in [3.63, 3.8) is 0 Å². The lowest BCUT2D eigenvalue weighted by Crippen LogP contribution is -2.33. The highest BCUT2D eigenvalue weighted by Gasteiger charge is 2.41. The van der Waals surface area contributed by atoms with E-state index in [1.54, 1.807) is 0 Å². The van der Waals surface area contributed by atoms with Crippen molar-refractivity contribution in [2.75, 3.05) is 12.9 Å². The quantitative estimate of drug-likeness (QED) is 0.561. The van der Waals surface area contributed by atoms with E-state index >= 15 is 0 Å². The van der Waals surface area contributed by atoms with Crippen LogP contribution in [0.15, 0.2) is 5.16 Å². The molecular weight excluding hydrogens is 246 g/mol. The molecule has 0 amide bonds. The molecule has 1 spiro atoms. The van der Waals surface area contributed by atoms with E-state index < -0.39 is 15.9 Å². The minimum atomic E-state index is -3.54. The molecule has 7 heteroatoms. The number of ether oxygens (including phenoxy) is 2. The van der Waals surface area contributed by atoms with Gasteiger partial charge in [0.1, 0.15) is 6.10 Å². The molecule has 0 aromatic rings. The summed E-state index contributed by atoms with van der Waals surface area (Å²) >= 11 is 0. The van der Waals surface area contributed by atoms with Gasteiger partial charge in [-0.2, -0.15) is 8.42 Å². The second kappa shape index (κ2) is 4.91. The zero-order chi connectivity index (χ0) is 12.4. The third-order valence-electron chi connectivity index (χ3n) is 2.90. The standard InChI is InChI=1S/C10H17NO5S/c1-17(12,13)16-11-7-9-8-14-10(15-9)5-3-2-4-6-10/h7,9H,2-6,8H2,1H3/t9-/m1/s1. The van der Waals surface area contributed by atoms with E-state index in [1.165, 1.54) is 12.6 Å². The Hall–Kier alpha value is -0.660. The van der Waals surface area contributed by atoms with Gasteiger partial charge in [-0.3, -0.25) is 4.28 Å². The average Bonchev–Trinajstić information content (AvgIpc) is 2.61. The molecule has 6 nitrogen and oxygen atoms in total. The zero-order valence-corrected chi connectivity index (χ0v) is 10.6. The van der Waals surface area contributed by atoms with Crippen molar-refractivity contribution < 1.29 is 22.2 Å². The van der Waals surface area contributed by atoms with Crippen molar-refractivity contribution in [2.45, 2.75) is 44.0 Å². The van der Waals surface area contributed by atoms with Gasteiger partial charge in [-0.15, -0.1) is 0 Å². The Morgan fingerprint density at radius 2 is 2.06 bits per heavy atom. The predicted octanol–water partition coefficient (Wildman–Crippen LogP) is 1.02. The molecule has 98 valence electrons. The summed E-state index contributed by atoms with van der Waals surface area (Å²) in [6.07, 6.45) is 7.16. The second-order valence-corrected chi connectivity index (χ2v) is 6.03. The van der Waals surface area contributed by atoms with Crippen LogP contribution in [0.25, 0.3) is 0 Å². The molecule has 1 heterocycles. The van der Waals surface area contributed by atoms with Gasteiger partial charge in [0.2, 0.25) is 0 Å². The molecule has 2 fully saturated rings. The largest absolute Gasteiger partial charge is 0.347 e. The van der Waals surface area contributed by atoms with Crippen LogP contribution < -0.4 is 0 Å². The van der Waals surface area contributed by atoms with E-state index in [0.717, 1.165) is 31.9 Å². The van der Waals surface area contributed by atoms with Crippen molar-refractivity contribution in [2.24, 2.45) is 5.16 Å². The van der Waals surface area contributed by atoms with Gasteiger partial charge in [-0.1, -0.05) is 11.6 Å². The van der Waals surface area contributed by atoms with Gasteiger partial charge in [-0.25, -0.2) is 0 Å². The van der Waals surface area contributed by atoms with Crippen LogP contribution in [-0.4, -0.2) is 39.4 Å². The van der Waals surface area contributed by atoms with E-state index in [1.807, 2.05) is 0 Å². The number of hydrogen-bond donors (Lipinski definition) is 0. The molecule has 0 radical (unpaired) electrons. The normalized spacial score (nSPS) is 28.9. The van der Waals surface area contributed by atoms with Crippen molar-refractivity contribution in [1.82, 2.24) is 0 Å². The summed E-state index contributed by atoms with van der Waals surface area (Å²) < 4.78 is 37.1. The monoisotopic (exact) mass is 263 g/mol. The van der Waals surface area contributed by atoms with Gasteiger partial charge < -0.3 is 9.47 Å². The first kappa shape index (κ1) is 12.8. The highest BCUT2D eigenvalue weighted by molar-refractivity contribution is 7.85. The average molecular weight is 263 g/mol. The lowest BCUT2D eigenvalue weighted by molar-refractivity contribution is -0.181. The topological polar surface area (TPSA) is 74.2 Å². The lowest BCUT2D eigenvalue weighted by atomic mass is 9.94. The van der Waals surface area contributed by atoms with Crippen LogP contribution in [0.1, 0.15) is 32.1 Å². The maximum absolute atomic E-state index is 10.7. The molecule has 0 unspecified atom stereocenters. The van der Waals surface area contributed by atoms with Crippen molar-refractivity contribution in [1.29, 1.82) is 0 Å². The van der Waals surface area contributed by atoms with Gasteiger partial charge in [0.25, 0.3) is 0 Å². The summed E-state index contributed by atoms with van der Waals surface area (Å²) in [7, 11) is -3.54. The van der Waals surface area contributed by atoms with Crippen molar-refractivity contribution in [3.05, 3.63) is 0 Å². The van der Waals surface area contributed by atoms with Gasteiger partial charge in [0.05, 0.1) is 19.1 Å². The summed E-state index contributed by atoms with van der Waals surface area (Å²) in [5, 5.41) is 3.38. The maximum Gasteiger partial charge on any atom is 0.325 e. The van der Waals surface area contributed by atoms with Crippen LogP contribution in [0.5, 0.6) is 0 Å². The first-order valence-corrected chi connectivity index (χ1v) is 7.55. The summed E-state index contributed by atoms with van der Waals surface area (Å²) in [6, 6.07) is 0. The van der Waals surface area contributed by atoms with Crippen LogP contribution in [-0.2, 0) is 23.9 Å². The molecule has 1 saturated carbocycles. The van der Waals surface area contributed by atoms with Gasteiger partial charge in [0.15, 0.2) is 5.79 Å². The zero-order valence-electron chi connectivity index (χ0n) is 9.79. The number of nitrogens with zero attached hydrogens (tertiary/aromatic N) is 1. The summed E-state index contributed by atoms with van der Waals surface area (Å²) in [6.45, 7) is 0.399. The molecule has 17 heavy (non-hydrogen) atoms. The fourth-order valence-corrected chi connectivity index (χ4v) is 2.38. The third kappa shape index (κ3) is 3.65. The van der Waals surface area contributed by atoms with E-state index in [0.29, 0.717) is 6.61 Å². The molecule has 0 N–H and O–H groups in total. The Morgan fingerprint density at radius 1 is 1.35 bits per heavy atom. The molecule has 1 aliphatic carbocycles. The highest BCUT2D eigenvalue weighted by atomic mass is 32.2. The molecule has 0 aromatic heterocycles. The maximum atomic E-state index is 10.7. The third-order valence-corrected chi connectivity index (χ3v) is 3.25. The van der Waals surface area contributed by atoms with E-state index in [9.17, 15) is 8.42 Å². The fourth-order valence-electron chi connectivity index (χ4n) is 2.17. The Kier molecular flexibility index (Phi) is 3.70. The Bertz CT molecular complexity index is 386. The Balaban J connectivity index is 1.85. The first-order chi connectivity index (χ1) is 7.99. The van der Waals surface area contributed by atoms with Crippen LogP contribution in [0.4, 0.5) is 0 Å². The first-order valence-electron chi connectivity index (χ1n) is 5.73. The number of rotatable bonds is 3. The smallest absolute Gasteiger partial charge is 0.325 e. The minimum Gasteiger partial charge on any atom is -0.347 e. The predicted molar refractivity (Wildman–Crippen MR) is 61.1 cm³/mol. The molecular formula is C10H17NO5S. The van der Waals surface area contributed by atoms with Crippen LogP contribution >= 0.6 is 0 Å². The molecule has 1 atom stereocenters. The van der Waals surface area contributed by atoms with Crippen molar-refractivity contribution in [3.8, 4) is 0 Å². The molecule has 1 saturated heterocycles. The Labute approximate surface area is 101 Å². The molecule has 0 bridgehead atoms. The summed E-state index contributed by atoms with van der Waals surface area (Å²) in [4.78, 5) is 0. The number of oxime groups is 1. The molecule has 2 rings (SSSR count). The van der Waals surface area contributed by atoms with E-state index in [4.69, 9.17) is 9.47 Å². The van der Waals surface area contributed by atoms with E-state index in [2.05, 4.69) is 9.44 Å². The summed E-state index contributed by atoms with van der Waals surface area (Å²) in [5.74, 6) is -0.472. The molecule has 1 aliphatic heterocycles. The fraction of sp³-hybridized carbons (Fsp3) is 0.900.